The van der Waals surface area contributed by atoms with Crippen molar-refractivity contribution in [2.45, 2.75) is 25.8 Å². The summed E-state index contributed by atoms with van der Waals surface area (Å²) >= 11 is 1.81. The number of rotatable bonds is 4. The standard InChI is InChI=1S/C22H23NO2S/c1-15-11-12-20(26-15)21(23-13-5-8-17(14-23)22(24)25)19-10-4-7-16-6-2-3-9-18(16)19/h2-4,6-7,9-12,17,21H,5,8,13-14H2,1H3,(H,24,25). The molecule has 3 nitrogen and oxygen atoms in total. The third-order valence-electron chi connectivity index (χ3n) is 5.32. The number of hydrogen-bond acceptors (Lipinski definition) is 3. The number of carboxylic acid groups (broad SMARTS) is 1. The lowest BCUT2D eigenvalue weighted by atomic mass is 9.92. The Kier molecular flexibility index (Phi) is 4.79. The van der Waals surface area contributed by atoms with Crippen LogP contribution >= 0.6 is 11.3 Å². The van der Waals surface area contributed by atoms with Crippen molar-refractivity contribution >= 4 is 28.1 Å². The predicted octanol–water partition coefficient (Wildman–Crippen LogP) is 5.10. The summed E-state index contributed by atoms with van der Waals surface area (Å²) in [6, 6.07) is 19.4. The van der Waals surface area contributed by atoms with Crippen LogP contribution in [0, 0.1) is 12.8 Å². The van der Waals surface area contributed by atoms with Crippen LogP contribution in [0.5, 0.6) is 0 Å². The zero-order valence-corrected chi connectivity index (χ0v) is 15.7. The molecule has 0 aliphatic carbocycles. The van der Waals surface area contributed by atoms with Gasteiger partial charge in [-0.15, -0.1) is 11.3 Å². The molecule has 2 atom stereocenters. The Bertz CT molecular complexity index is 927. The Labute approximate surface area is 157 Å². The molecule has 2 unspecified atom stereocenters. The summed E-state index contributed by atoms with van der Waals surface area (Å²) in [5, 5.41) is 12.0. The average molecular weight is 365 g/mol. The van der Waals surface area contributed by atoms with Gasteiger partial charge in [-0.3, -0.25) is 9.69 Å². The van der Waals surface area contributed by atoms with Crippen molar-refractivity contribution in [1.29, 1.82) is 0 Å². The van der Waals surface area contributed by atoms with Crippen molar-refractivity contribution in [2.24, 2.45) is 5.92 Å². The van der Waals surface area contributed by atoms with Gasteiger partial charge in [-0.05, 0) is 54.8 Å². The van der Waals surface area contributed by atoms with Crippen molar-refractivity contribution < 1.29 is 9.90 Å². The minimum atomic E-state index is -0.672. The van der Waals surface area contributed by atoms with Gasteiger partial charge in [0.1, 0.15) is 0 Å². The second-order valence-electron chi connectivity index (χ2n) is 7.09. The predicted molar refractivity (Wildman–Crippen MR) is 107 cm³/mol. The third-order valence-corrected chi connectivity index (χ3v) is 6.37. The molecule has 0 radical (unpaired) electrons. The molecule has 3 aromatic rings. The molecular weight excluding hydrogens is 342 g/mol. The zero-order valence-electron chi connectivity index (χ0n) is 14.9. The summed E-state index contributed by atoms with van der Waals surface area (Å²) in [6.07, 6.45) is 1.71. The fourth-order valence-electron chi connectivity index (χ4n) is 4.06. The highest BCUT2D eigenvalue weighted by atomic mass is 32.1. The first-order valence-corrected chi connectivity index (χ1v) is 9.96. The van der Waals surface area contributed by atoms with Crippen LogP contribution in [-0.4, -0.2) is 29.1 Å². The van der Waals surface area contributed by atoms with Crippen molar-refractivity contribution in [3.63, 3.8) is 0 Å². The number of carboxylic acids is 1. The molecule has 1 aliphatic rings. The van der Waals surface area contributed by atoms with Gasteiger partial charge < -0.3 is 5.11 Å². The van der Waals surface area contributed by atoms with E-state index in [1.165, 1.54) is 26.1 Å². The second kappa shape index (κ2) is 7.22. The van der Waals surface area contributed by atoms with E-state index in [4.69, 9.17) is 0 Å². The van der Waals surface area contributed by atoms with Crippen LogP contribution in [0.1, 0.15) is 34.2 Å². The molecule has 1 saturated heterocycles. The van der Waals surface area contributed by atoms with Crippen LogP contribution in [-0.2, 0) is 4.79 Å². The van der Waals surface area contributed by atoms with Crippen LogP contribution < -0.4 is 0 Å². The monoisotopic (exact) mass is 365 g/mol. The third kappa shape index (κ3) is 3.27. The molecule has 2 aromatic carbocycles. The van der Waals surface area contributed by atoms with E-state index < -0.39 is 5.97 Å². The Morgan fingerprint density at radius 2 is 1.96 bits per heavy atom. The lowest BCUT2D eigenvalue weighted by molar-refractivity contribution is -0.143. The summed E-state index contributed by atoms with van der Waals surface area (Å²) in [6.45, 7) is 3.68. The fourth-order valence-corrected chi connectivity index (χ4v) is 5.09. The largest absolute Gasteiger partial charge is 0.481 e. The lowest BCUT2D eigenvalue weighted by Crippen LogP contribution is -2.41. The number of aryl methyl sites for hydroxylation is 1. The molecule has 0 amide bonds. The number of thiophene rings is 1. The molecule has 134 valence electrons. The van der Waals surface area contributed by atoms with E-state index in [9.17, 15) is 9.90 Å². The van der Waals surface area contributed by atoms with E-state index in [0.717, 1.165) is 19.4 Å². The highest BCUT2D eigenvalue weighted by Gasteiger charge is 2.32. The second-order valence-corrected chi connectivity index (χ2v) is 8.41. The summed E-state index contributed by atoms with van der Waals surface area (Å²) < 4.78 is 0. The number of hydrogen-bond donors (Lipinski definition) is 1. The number of benzene rings is 2. The number of piperidine rings is 1. The Morgan fingerprint density at radius 1 is 1.15 bits per heavy atom. The quantitative estimate of drug-likeness (QED) is 0.699. The molecule has 1 N–H and O–H groups in total. The Balaban J connectivity index is 1.82. The Morgan fingerprint density at radius 3 is 2.73 bits per heavy atom. The average Bonchev–Trinajstić information content (AvgIpc) is 3.08. The highest BCUT2D eigenvalue weighted by Crippen LogP contribution is 2.38. The lowest BCUT2D eigenvalue weighted by Gasteiger charge is -2.37. The molecule has 1 fully saturated rings. The molecule has 2 heterocycles. The molecule has 0 bridgehead atoms. The summed E-state index contributed by atoms with van der Waals surface area (Å²) in [5.74, 6) is -0.948. The maximum atomic E-state index is 11.6. The minimum absolute atomic E-state index is 0.113. The highest BCUT2D eigenvalue weighted by molar-refractivity contribution is 7.12. The van der Waals surface area contributed by atoms with Crippen molar-refractivity contribution in [3.05, 3.63) is 69.9 Å². The van der Waals surface area contributed by atoms with Crippen molar-refractivity contribution in [3.8, 4) is 0 Å². The van der Waals surface area contributed by atoms with E-state index in [2.05, 4.69) is 66.4 Å². The van der Waals surface area contributed by atoms with Gasteiger partial charge in [0.25, 0.3) is 0 Å². The van der Waals surface area contributed by atoms with E-state index >= 15 is 0 Å². The van der Waals surface area contributed by atoms with Crippen LogP contribution in [0.3, 0.4) is 0 Å². The minimum Gasteiger partial charge on any atom is -0.481 e. The SMILES string of the molecule is Cc1ccc(C(c2cccc3ccccc23)N2CCCC(C(=O)O)C2)s1. The number of nitrogens with zero attached hydrogens (tertiary/aromatic N) is 1. The molecule has 4 heteroatoms. The van der Waals surface area contributed by atoms with Crippen LogP contribution in [0.15, 0.2) is 54.6 Å². The van der Waals surface area contributed by atoms with E-state index in [1.54, 1.807) is 0 Å². The number of aliphatic carboxylic acids is 1. The molecule has 1 aromatic heterocycles. The van der Waals surface area contributed by atoms with Gasteiger partial charge in [-0.1, -0.05) is 42.5 Å². The number of fused-ring (bicyclic) bond motifs is 1. The fraction of sp³-hybridized carbons (Fsp3) is 0.318. The van der Waals surface area contributed by atoms with Gasteiger partial charge in [-0.25, -0.2) is 0 Å². The normalized spacial score (nSPS) is 19.5. The molecule has 4 rings (SSSR count). The molecule has 1 aliphatic heterocycles. The van der Waals surface area contributed by atoms with Gasteiger partial charge in [-0.2, -0.15) is 0 Å². The summed E-state index contributed by atoms with van der Waals surface area (Å²) in [7, 11) is 0. The summed E-state index contributed by atoms with van der Waals surface area (Å²) in [5.41, 5.74) is 1.27. The number of carbonyl (C=O) groups is 1. The van der Waals surface area contributed by atoms with Crippen LogP contribution in [0.25, 0.3) is 10.8 Å². The first-order chi connectivity index (χ1) is 12.6. The van der Waals surface area contributed by atoms with E-state index in [0.29, 0.717) is 6.54 Å². The van der Waals surface area contributed by atoms with Gasteiger partial charge in [0.05, 0.1) is 12.0 Å². The maximum Gasteiger partial charge on any atom is 0.307 e. The van der Waals surface area contributed by atoms with E-state index in [1.807, 2.05) is 11.3 Å². The molecular formula is C22H23NO2S. The zero-order chi connectivity index (χ0) is 18.1. The topological polar surface area (TPSA) is 40.5 Å². The molecule has 0 saturated carbocycles. The smallest absolute Gasteiger partial charge is 0.307 e. The van der Waals surface area contributed by atoms with Crippen molar-refractivity contribution in [2.75, 3.05) is 13.1 Å². The molecule has 26 heavy (non-hydrogen) atoms. The molecule has 0 spiro atoms. The van der Waals surface area contributed by atoms with Crippen LogP contribution in [0.4, 0.5) is 0 Å². The van der Waals surface area contributed by atoms with Crippen LogP contribution in [0.2, 0.25) is 0 Å². The first-order valence-electron chi connectivity index (χ1n) is 9.14. The van der Waals surface area contributed by atoms with Gasteiger partial charge in [0.2, 0.25) is 0 Å². The van der Waals surface area contributed by atoms with Gasteiger partial charge >= 0.3 is 5.97 Å². The first kappa shape index (κ1) is 17.3. The number of likely N-dealkylation sites (tertiary alicyclic amines) is 1. The summed E-state index contributed by atoms with van der Waals surface area (Å²) in [4.78, 5) is 16.5. The maximum absolute atomic E-state index is 11.6. The van der Waals surface area contributed by atoms with Gasteiger partial charge in [0.15, 0.2) is 0 Å². The van der Waals surface area contributed by atoms with E-state index in [-0.39, 0.29) is 12.0 Å². The Hall–Kier alpha value is -2.17. The van der Waals surface area contributed by atoms with Gasteiger partial charge in [0, 0.05) is 16.3 Å². The van der Waals surface area contributed by atoms with Crippen molar-refractivity contribution in [1.82, 2.24) is 4.90 Å².